The van der Waals surface area contributed by atoms with Crippen LogP contribution in [-0.4, -0.2) is 50.5 Å². The fraction of sp³-hybridized carbons (Fsp3) is 0.450. The quantitative estimate of drug-likeness (QED) is 0.334. The maximum absolute atomic E-state index is 4.67. The van der Waals surface area contributed by atoms with Gasteiger partial charge in [0, 0.05) is 32.5 Å². The standard InChI is InChI=1S/C20H27N7.HI/c1-14-4-5-16-17(10-14)25-19(24-16)11-23-20(21-3)26-8-6-15(2)18(12-26)27-9-7-22-13-27;/h4-5,7,9-10,13,15,18H,6,8,11-12H2,1-3H3,(H,21,23)(H,24,25);1H. The van der Waals surface area contributed by atoms with Gasteiger partial charge in [-0.15, -0.1) is 24.0 Å². The molecule has 0 amide bonds. The number of imidazole rings is 2. The van der Waals surface area contributed by atoms with Crippen molar-refractivity contribution in [2.75, 3.05) is 20.1 Å². The summed E-state index contributed by atoms with van der Waals surface area (Å²) in [5.74, 6) is 2.46. The first-order chi connectivity index (χ1) is 13.1. The maximum Gasteiger partial charge on any atom is 0.194 e. The highest BCUT2D eigenvalue weighted by Gasteiger charge is 2.28. The van der Waals surface area contributed by atoms with Crippen molar-refractivity contribution in [2.45, 2.75) is 32.9 Å². The predicted molar refractivity (Wildman–Crippen MR) is 123 cm³/mol. The molecule has 0 saturated carbocycles. The minimum atomic E-state index is 0. The molecule has 3 heterocycles. The third-order valence-corrected chi connectivity index (χ3v) is 5.44. The first-order valence-corrected chi connectivity index (χ1v) is 9.52. The molecule has 7 nitrogen and oxygen atoms in total. The number of aliphatic imine (C=N–C) groups is 1. The van der Waals surface area contributed by atoms with Crippen LogP contribution in [0.5, 0.6) is 0 Å². The lowest BCUT2D eigenvalue weighted by Gasteiger charge is -2.39. The summed E-state index contributed by atoms with van der Waals surface area (Å²) in [4.78, 5) is 19.1. The molecule has 1 fully saturated rings. The lowest BCUT2D eigenvalue weighted by atomic mass is 9.93. The van der Waals surface area contributed by atoms with E-state index in [1.165, 1.54) is 5.56 Å². The molecule has 28 heavy (non-hydrogen) atoms. The first kappa shape index (κ1) is 20.6. The molecule has 0 bridgehead atoms. The summed E-state index contributed by atoms with van der Waals surface area (Å²) >= 11 is 0. The van der Waals surface area contributed by atoms with Gasteiger partial charge in [-0.3, -0.25) is 4.99 Å². The molecule has 3 aromatic rings. The number of fused-ring (bicyclic) bond motifs is 1. The Balaban J connectivity index is 0.00000225. The first-order valence-electron chi connectivity index (χ1n) is 9.52. The number of likely N-dealkylation sites (tertiary alicyclic amines) is 1. The number of aromatic nitrogens is 4. The van der Waals surface area contributed by atoms with E-state index in [0.29, 0.717) is 18.5 Å². The maximum atomic E-state index is 4.67. The molecule has 0 radical (unpaired) electrons. The number of aromatic amines is 1. The average Bonchev–Trinajstić information content (AvgIpc) is 3.32. The van der Waals surface area contributed by atoms with Gasteiger partial charge in [0.05, 0.1) is 29.9 Å². The zero-order chi connectivity index (χ0) is 18.8. The summed E-state index contributed by atoms with van der Waals surface area (Å²) in [7, 11) is 1.84. The highest BCUT2D eigenvalue weighted by molar-refractivity contribution is 14.0. The Hall–Kier alpha value is -2.10. The second-order valence-corrected chi connectivity index (χ2v) is 7.39. The van der Waals surface area contributed by atoms with Crippen LogP contribution in [0, 0.1) is 12.8 Å². The van der Waals surface area contributed by atoms with E-state index < -0.39 is 0 Å². The summed E-state index contributed by atoms with van der Waals surface area (Å²) in [5.41, 5.74) is 3.31. The van der Waals surface area contributed by atoms with E-state index in [-0.39, 0.29) is 24.0 Å². The van der Waals surface area contributed by atoms with Crippen LogP contribution in [0.25, 0.3) is 11.0 Å². The molecule has 1 aliphatic heterocycles. The monoisotopic (exact) mass is 493 g/mol. The summed E-state index contributed by atoms with van der Waals surface area (Å²) < 4.78 is 2.21. The molecule has 4 rings (SSSR count). The molecule has 2 atom stereocenters. The number of guanidine groups is 1. The number of piperidine rings is 1. The summed E-state index contributed by atoms with van der Waals surface area (Å²) in [6.45, 7) is 6.97. The SMILES string of the molecule is CN=C(NCc1nc2ccc(C)cc2[nH]1)N1CCC(C)C(n2ccnc2)C1.I. The fourth-order valence-electron chi connectivity index (χ4n) is 3.85. The van der Waals surface area contributed by atoms with E-state index in [9.17, 15) is 0 Å². The van der Waals surface area contributed by atoms with Crippen molar-refractivity contribution in [1.29, 1.82) is 0 Å². The van der Waals surface area contributed by atoms with Crippen molar-refractivity contribution in [1.82, 2.24) is 29.7 Å². The Bertz CT molecular complexity index is 931. The van der Waals surface area contributed by atoms with Gasteiger partial charge < -0.3 is 19.8 Å². The average molecular weight is 493 g/mol. The Labute approximate surface area is 182 Å². The number of nitrogens with zero attached hydrogens (tertiary/aromatic N) is 5. The Morgan fingerprint density at radius 3 is 3.00 bits per heavy atom. The Kier molecular flexibility index (Phi) is 6.58. The lowest BCUT2D eigenvalue weighted by molar-refractivity contribution is 0.189. The van der Waals surface area contributed by atoms with Crippen LogP contribution in [0.2, 0.25) is 0 Å². The summed E-state index contributed by atoms with van der Waals surface area (Å²) in [6.07, 6.45) is 6.95. The molecule has 1 aliphatic rings. The van der Waals surface area contributed by atoms with Crippen molar-refractivity contribution in [3.63, 3.8) is 0 Å². The second-order valence-electron chi connectivity index (χ2n) is 7.39. The molecule has 2 aromatic heterocycles. The van der Waals surface area contributed by atoms with Crippen LogP contribution in [0.1, 0.15) is 30.8 Å². The molecule has 0 spiro atoms. The highest BCUT2D eigenvalue weighted by atomic mass is 127. The largest absolute Gasteiger partial charge is 0.349 e. The van der Waals surface area contributed by atoms with Gasteiger partial charge in [0.25, 0.3) is 0 Å². The molecule has 8 heteroatoms. The molecular formula is C20H28IN7. The van der Waals surface area contributed by atoms with E-state index in [1.807, 2.05) is 19.6 Å². The number of benzene rings is 1. The topological polar surface area (TPSA) is 74.1 Å². The van der Waals surface area contributed by atoms with Gasteiger partial charge in [-0.2, -0.15) is 0 Å². The minimum Gasteiger partial charge on any atom is -0.349 e. The van der Waals surface area contributed by atoms with Gasteiger partial charge >= 0.3 is 0 Å². The predicted octanol–water partition coefficient (Wildman–Crippen LogP) is 3.34. The molecule has 150 valence electrons. The van der Waals surface area contributed by atoms with Gasteiger partial charge in [-0.1, -0.05) is 13.0 Å². The van der Waals surface area contributed by atoms with Crippen LogP contribution in [0.15, 0.2) is 41.9 Å². The molecule has 1 saturated heterocycles. The number of halogens is 1. The van der Waals surface area contributed by atoms with Crippen molar-refractivity contribution < 1.29 is 0 Å². The van der Waals surface area contributed by atoms with Crippen molar-refractivity contribution >= 4 is 41.0 Å². The number of nitrogens with one attached hydrogen (secondary N) is 2. The third-order valence-electron chi connectivity index (χ3n) is 5.44. The molecule has 2 N–H and O–H groups in total. The smallest absolute Gasteiger partial charge is 0.194 e. The van der Waals surface area contributed by atoms with Crippen LogP contribution in [0.4, 0.5) is 0 Å². The molecule has 0 aliphatic carbocycles. The van der Waals surface area contributed by atoms with Crippen molar-refractivity contribution in [3.8, 4) is 0 Å². The van der Waals surface area contributed by atoms with Gasteiger partial charge in [0.2, 0.25) is 0 Å². The molecular weight excluding hydrogens is 465 g/mol. The van der Waals surface area contributed by atoms with Crippen LogP contribution >= 0.6 is 24.0 Å². The number of hydrogen-bond acceptors (Lipinski definition) is 3. The van der Waals surface area contributed by atoms with Crippen LogP contribution < -0.4 is 5.32 Å². The van der Waals surface area contributed by atoms with E-state index in [0.717, 1.165) is 42.3 Å². The van der Waals surface area contributed by atoms with E-state index in [4.69, 9.17) is 0 Å². The summed E-state index contributed by atoms with van der Waals surface area (Å²) in [6, 6.07) is 6.68. The lowest BCUT2D eigenvalue weighted by Crippen LogP contribution is -2.48. The minimum absolute atomic E-state index is 0. The van der Waals surface area contributed by atoms with E-state index in [2.05, 4.69) is 73.0 Å². The zero-order valence-electron chi connectivity index (χ0n) is 16.6. The highest BCUT2D eigenvalue weighted by Crippen LogP contribution is 2.27. The zero-order valence-corrected chi connectivity index (χ0v) is 18.9. The van der Waals surface area contributed by atoms with E-state index in [1.54, 1.807) is 0 Å². The third kappa shape index (κ3) is 4.31. The van der Waals surface area contributed by atoms with Gasteiger partial charge in [0.1, 0.15) is 5.82 Å². The molecule has 1 aromatic carbocycles. The molecule has 2 unspecified atom stereocenters. The van der Waals surface area contributed by atoms with E-state index >= 15 is 0 Å². The van der Waals surface area contributed by atoms with Gasteiger partial charge in [-0.05, 0) is 37.0 Å². The number of aryl methyl sites for hydroxylation is 1. The fourth-order valence-corrected chi connectivity index (χ4v) is 3.85. The van der Waals surface area contributed by atoms with Crippen LogP contribution in [0.3, 0.4) is 0 Å². The second kappa shape index (κ2) is 8.93. The van der Waals surface area contributed by atoms with Crippen LogP contribution in [-0.2, 0) is 6.54 Å². The number of H-pyrrole nitrogens is 1. The van der Waals surface area contributed by atoms with Gasteiger partial charge in [-0.25, -0.2) is 9.97 Å². The van der Waals surface area contributed by atoms with Crippen molar-refractivity contribution in [3.05, 3.63) is 48.3 Å². The number of rotatable bonds is 3. The Morgan fingerprint density at radius 1 is 1.39 bits per heavy atom. The Morgan fingerprint density at radius 2 is 2.25 bits per heavy atom. The summed E-state index contributed by atoms with van der Waals surface area (Å²) in [5, 5.41) is 3.47. The van der Waals surface area contributed by atoms with Gasteiger partial charge in [0.15, 0.2) is 5.96 Å². The normalized spacial score (nSPS) is 20.2. The number of hydrogen-bond donors (Lipinski definition) is 2. The van der Waals surface area contributed by atoms with Crippen molar-refractivity contribution in [2.24, 2.45) is 10.9 Å².